The molecule has 0 aromatic carbocycles. The Labute approximate surface area is 910 Å². The summed E-state index contributed by atoms with van der Waals surface area (Å²) in [4.78, 5) is 56.5. The Morgan fingerprint density at radius 2 is 0.772 bits per heavy atom. The lowest BCUT2D eigenvalue weighted by molar-refractivity contribution is 0.107. The minimum atomic E-state index is 0.244. The molecule has 16 rings (SSSR count). The summed E-state index contributed by atoms with van der Waals surface area (Å²) in [7, 11) is 15.1. The predicted molar refractivity (Wildman–Crippen MR) is 638 cm³/mol. The lowest BCUT2D eigenvalue weighted by Crippen LogP contribution is -2.45. The fourth-order valence-corrected chi connectivity index (χ4v) is 21.2. The molecule has 826 valence electrons. The van der Waals surface area contributed by atoms with Gasteiger partial charge >= 0.3 is 0 Å². The van der Waals surface area contributed by atoms with Crippen LogP contribution in [-0.2, 0) is 37.2 Å². The van der Waals surface area contributed by atoms with Crippen molar-refractivity contribution in [3.8, 4) is 0 Å². The van der Waals surface area contributed by atoms with Crippen LogP contribution in [0.1, 0.15) is 522 Å². The molecule has 4 saturated heterocycles. The Kier molecular flexibility index (Phi) is 50.9. The molecule has 0 spiro atoms. The molecule has 7 aliphatic heterocycles. The Hall–Kier alpha value is -8.53. The van der Waals surface area contributed by atoms with Crippen molar-refractivity contribution >= 4 is 16.9 Å². The molecule has 9 aromatic rings. The van der Waals surface area contributed by atoms with Gasteiger partial charge in [-0.05, 0) is 316 Å². The molecule has 0 N–H and O–H groups in total. The van der Waals surface area contributed by atoms with E-state index in [1.165, 1.54) is 192 Å². The van der Waals surface area contributed by atoms with E-state index >= 15 is 0 Å². The number of likely N-dealkylation sites (tertiary alicyclic amines) is 1. The normalized spacial score (nSPS) is 16.6. The summed E-state index contributed by atoms with van der Waals surface area (Å²) < 4.78 is 7.99. The van der Waals surface area contributed by atoms with E-state index < -0.39 is 0 Å². The van der Waals surface area contributed by atoms with Crippen LogP contribution in [0.5, 0.6) is 0 Å². The molecule has 19 nitrogen and oxygen atoms in total. The number of nitrogens with zero attached hydrogens (tertiary/aromatic N) is 18. The Bertz CT molecular complexity index is 5390. The highest BCUT2D eigenvalue weighted by molar-refractivity contribution is 5.67. The summed E-state index contributed by atoms with van der Waals surface area (Å²) in [6.45, 7) is 96.1. The number of anilines is 2. The van der Waals surface area contributed by atoms with Gasteiger partial charge in [0.1, 0.15) is 0 Å². The summed E-state index contributed by atoms with van der Waals surface area (Å²) >= 11 is 0. The van der Waals surface area contributed by atoms with Crippen LogP contribution < -0.4 is 9.80 Å². The zero-order valence-electron chi connectivity index (χ0n) is 102. The molecule has 0 bridgehead atoms. The number of hydrogen-bond acceptors (Lipinski definition) is 18. The average Bonchev–Trinajstić information content (AvgIpc) is 1.48. The number of ether oxygens (including phenoxy) is 1. The van der Waals surface area contributed by atoms with Crippen molar-refractivity contribution in [2.24, 2.45) is 5.92 Å². The van der Waals surface area contributed by atoms with Gasteiger partial charge in [0.25, 0.3) is 0 Å². The first kappa shape index (κ1) is 126. The lowest BCUT2D eigenvalue weighted by atomic mass is 9.91. The Morgan fingerprint density at radius 1 is 0.349 bits per heavy atom. The first-order valence-electron chi connectivity index (χ1n) is 58.2. The predicted octanol–water partition coefficient (Wildman–Crippen LogP) is 30.7. The fraction of sp³-hybridized carbons (Fsp3) is 0.654. The van der Waals surface area contributed by atoms with Crippen molar-refractivity contribution in [3.05, 3.63) is 245 Å². The van der Waals surface area contributed by atoms with Gasteiger partial charge in [-0.3, -0.25) is 44.6 Å². The zero-order chi connectivity index (χ0) is 110. The van der Waals surface area contributed by atoms with Gasteiger partial charge in [0, 0.05) is 174 Å². The summed E-state index contributed by atoms with van der Waals surface area (Å²) in [5, 5.41) is 4.71. The van der Waals surface area contributed by atoms with Gasteiger partial charge in [0.15, 0.2) is 0 Å². The largest absolute Gasteiger partial charge is 0.372 e. The van der Waals surface area contributed by atoms with Crippen molar-refractivity contribution in [2.75, 3.05) is 144 Å². The summed E-state index contributed by atoms with van der Waals surface area (Å²) in [5.74, 6) is 9.99. The summed E-state index contributed by atoms with van der Waals surface area (Å²) in [5.41, 5.74) is 36.4. The molecular weight excluding hydrogens is 1830 g/mol. The van der Waals surface area contributed by atoms with Crippen LogP contribution >= 0.6 is 0 Å². The van der Waals surface area contributed by atoms with E-state index in [1.54, 1.807) is 0 Å². The van der Waals surface area contributed by atoms with E-state index in [-0.39, 0.29) is 6.10 Å². The van der Waals surface area contributed by atoms with E-state index in [0.29, 0.717) is 107 Å². The van der Waals surface area contributed by atoms with Crippen molar-refractivity contribution in [1.29, 1.82) is 0 Å². The number of aromatic nitrogens is 10. The maximum Gasteiger partial charge on any atom is 0.0998 e. The van der Waals surface area contributed by atoms with Crippen LogP contribution in [0.15, 0.2) is 110 Å². The van der Waals surface area contributed by atoms with E-state index in [9.17, 15) is 0 Å². The monoisotopic (exact) mass is 2040 g/mol. The minimum Gasteiger partial charge on any atom is -0.372 e. The second-order valence-corrected chi connectivity index (χ2v) is 49.8. The zero-order valence-corrected chi connectivity index (χ0v) is 102. The second-order valence-electron chi connectivity index (χ2n) is 49.8. The number of hydrogen-bond donors (Lipinski definition) is 0. The van der Waals surface area contributed by atoms with Crippen molar-refractivity contribution in [2.45, 2.75) is 420 Å². The molecule has 0 aliphatic carbocycles. The molecule has 16 heterocycles. The van der Waals surface area contributed by atoms with E-state index in [1.807, 2.05) is 36.9 Å². The standard InChI is InChI=1S/C17H26N2.C16H27N3.C15H27N3.3C15H24N2.C14H24N2.C12H17NO.C11H17N/c1-12(2)16-10-15(11-18-17(16)13(3)4)14-6-8-19(5)9-7-14;1-12(2)15-10-14(11-17-16(15)13(3)4)19-8-6-18(5)7-9-19;1-11(2)14-10-16-18(15(14)12(3)4)13-6-8-17(5)9-7-13;1-10(2)14-6-13(17-8-12(5)9-17)7-16-15(14)11(3)4;1-10(2)13-8-12-9-17(5)7-6-14(12)16-15(13)11(3)4;1-10(2)13-8-12-6-7-17(5)9-14(12)16-15(13)11(3)4;1-10(2)13-7-12(9-16(5)6)8-15-14(13)11(3)4;1-9(2)10-5-3-7-13-12(10)11-6-4-8-14-11;1-8(2)10-6-5-7-12-11(10)9(3)4/h6,10-13H,7-9H2,1-5H3;10-13H,6-9H2,1-5H3;10-13H,6-9H2,1-5H3;6-7,10-12H,8-9H2,1-5H3;2*8,10-11H,6-7,9H2,1-5H3;7-8,10-11H,9H2,1-6H3;3,5,7,9,11H,4,6,8H2,1-2H3;5-9H,1-4H3. The fourth-order valence-electron chi connectivity index (χ4n) is 21.2. The number of piperidine rings is 1. The van der Waals surface area contributed by atoms with Crippen LogP contribution in [-0.4, -0.2) is 214 Å². The molecular formula is C130H210N18O. The summed E-state index contributed by atoms with van der Waals surface area (Å²) in [6, 6.07) is 23.2. The number of pyridine rings is 8. The van der Waals surface area contributed by atoms with E-state index in [0.717, 1.165) is 116 Å². The van der Waals surface area contributed by atoms with Crippen molar-refractivity contribution in [3.63, 3.8) is 0 Å². The van der Waals surface area contributed by atoms with Gasteiger partial charge < -0.3 is 43.9 Å². The molecule has 7 aliphatic rings. The third-order valence-corrected chi connectivity index (χ3v) is 30.1. The summed E-state index contributed by atoms with van der Waals surface area (Å²) in [6.07, 6.45) is 24.8. The molecule has 1 atom stereocenters. The smallest absolute Gasteiger partial charge is 0.0998 e. The molecule has 19 heteroatoms. The third kappa shape index (κ3) is 37.4. The van der Waals surface area contributed by atoms with Gasteiger partial charge in [-0.2, -0.15) is 5.10 Å². The first-order valence-corrected chi connectivity index (χ1v) is 58.2. The first-order chi connectivity index (χ1) is 70.3. The van der Waals surface area contributed by atoms with Gasteiger partial charge in [0.2, 0.25) is 0 Å². The molecule has 0 amide bonds. The van der Waals surface area contributed by atoms with E-state index in [2.05, 4.69) is 429 Å². The topological polar surface area (TPSA) is 156 Å². The average molecular weight is 2040 g/mol. The van der Waals surface area contributed by atoms with Gasteiger partial charge in [-0.1, -0.05) is 279 Å². The molecule has 9 aromatic heterocycles. The molecule has 0 radical (unpaired) electrons. The van der Waals surface area contributed by atoms with Gasteiger partial charge in [-0.25, -0.2) is 0 Å². The van der Waals surface area contributed by atoms with Crippen LogP contribution in [0.4, 0.5) is 11.4 Å². The quantitative estimate of drug-likeness (QED) is 0.0562. The highest BCUT2D eigenvalue weighted by Gasteiger charge is 2.31. The van der Waals surface area contributed by atoms with Gasteiger partial charge in [0.05, 0.1) is 53.5 Å². The SMILES string of the molecule is CC(C)c1cc(C2=CCN(C)CC2)cnc1C(C)C.CC(C)c1cc(CN(C)C)cnc1C(C)C.CC(C)c1cc(N2CCN(C)CC2)cnc1C(C)C.CC(C)c1cc2c(nc1C(C)C)CCN(C)C2.CC(C)c1cc2c(nc1C(C)C)CN(C)CC2.CC(C)c1cccnc1C(C)C.CC(C)c1cccnc1C1CCCO1.CC(C)c1cnn(C2CCN(C)CC2)c1C(C)C.CC1CN(c2cnc(C(C)C)c(C(C)C)c2)C1. The number of likely N-dealkylation sites (N-methyl/N-ethyl adjacent to an activating group) is 4. The highest BCUT2D eigenvalue weighted by Crippen LogP contribution is 2.40. The number of rotatable bonds is 24. The van der Waals surface area contributed by atoms with Crippen molar-refractivity contribution in [1.82, 2.24) is 79.1 Å². The van der Waals surface area contributed by atoms with Crippen LogP contribution in [0.25, 0.3) is 5.57 Å². The van der Waals surface area contributed by atoms with Crippen LogP contribution in [0.2, 0.25) is 0 Å². The van der Waals surface area contributed by atoms with Gasteiger partial charge in [-0.15, -0.1) is 0 Å². The highest BCUT2D eigenvalue weighted by atomic mass is 16.5. The second kappa shape index (κ2) is 60.4. The molecule has 4 fully saturated rings. The Morgan fingerprint density at radius 3 is 1.23 bits per heavy atom. The number of fused-ring (bicyclic) bond motifs is 2. The van der Waals surface area contributed by atoms with Crippen molar-refractivity contribution < 1.29 is 4.74 Å². The third-order valence-electron chi connectivity index (χ3n) is 30.1. The van der Waals surface area contributed by atoms with Crippen LogP contribution in [0, 0.1) is 5.92 Å². The van der Waals surface area contributed by atoms with Crippen LogP contribution in [0.3, 0.4) is 0 Å². The number of piperazine rings is 1. The Balaban J connectivity index is 0.000000205. The van der Waals surface area contributed by atoms with E-state index in [4.69, 9.17) is 29.8 Å². The minimum absolute atomic E-state index is 0.244. The maximum atomic E-state index is 5.67. The molecule has 1 unspecified atom stereocenters. The lowest BCUT2D eigenvalue weighted by Gasteiger charge is -2.39. The maximum absolute atomic E-state index is 5.67. The molecule has 0 saturated carbocycles. The molecule has 149 heavy (non-hydrogen) atoms.